The first-order valence-corrected chi connectivity index (χ1v) is 38.5. The first kappa shape index (κ1) is 88.0. The minimum Gasteiger partial charge on any atom is -0.462 e. The molecule has 92 heavy (non-hydrogen) atoms. The summed E-state index contributed by atoms with van der Waals surface area (Å²) in [6, 6.07) is 0. The fraction of sp³-hybridized carbons (Fsp3) is 0.726. The van der Waals surface area contributed by atoms with Crippen molar-refractivity contribution in [1.82, 2.24) is 0 Å². The molecule has 0 bridgehead atoms. The van der Waals surface area contributed by atoms with E-state index in [0.29, 0.717) is 25.7 Å². The summed E-state index contributed by atoms with van der Waals surface area (Å²) >= 11 is 0. The van der Waals surface area contributed by atoms with Crippen LogP contribution in [0.5, 0.6) is 0 Å². The number of unbranched alkanes of at least 4 members (excludes halogenated alkanes) is 25. The lowest BCUT2D eigenvalue weighted by atomic mass is 10.1. The van der Waals surface area contributed by atoms with Gasteiger partial charge in [0.15, 0.2) is 12.2 Å². The largest absolute Gasteiger partial charge is 0.472 e. The van der Waals surface area contributed by atoms with Crippen molar-refractivity contribution in [2.45, 2.75) is 303 Å². The quantitative estimate of drug-likeness (QED) is 0.0169. The van der Waals surface area contributed by atoms with Crippen LogP contribution in [-0.2, 0) is 65.4 Å². The Hall–Kier alpha value is -4.02. The van der Waals surface area contributed by atoms with Gasteiger partial charge in [0.2, 0.25) is 0 Å². The molecule has 0 heterocycles. The number of aliphatic hydroxyl groups is 1. The Morgan fingerprint density at radius 2 is 0.620 bits per heavy atom. The van der Waals surface area contributed by atoms with Crippen molar-refractivity contribution in [2.24, 2.45) is 0 Å². The molecule has 0 aromatic rings. The Balaban J connectivity index is 5.39. The molecule has 0 spiro atoms. The topological polar surface area (TPSA) is 237 Å². The number of allylic oxidation sites excluding steroid dienone is 15. The Labute approximate surface area is 557 Å². The van der Waals surface area contributed by atoms with E-state index in [4.69, 9.17) is 37.0 Å². The van der Waals surface area contributed by atoms with Crippen LogP contribution in [0.15, 0.2) is 97.2 Å². The van der Waals surface area contributed by atoms with Crippen LogP contribution in [0.25, 0.3) is 0 Å². The number of rotatable bonds is 66. The number of aliphatic hydroxyl groups excluding tert-OH is 1. The number of hydrogen-bond acceptors (Lipinski definition) is 15. The summed E-state index contributed by atoms with van der Waals surface area (Å²) in [5.74, 6) is -2.35. The van der Waals surface area contributed by atoms with Gasteiger partial charge < -0.3 is 33.8 Å². The van der Waals surface area contributed by atoms with Crippen molar-refractivity contribution in [3.8, 4) is 0 Å². The van der Waals surface area contributed by atoms with Gasteiger partial charge in [0.05, 0.1) is 32.8 Å². The molecule has 19 heteroatoms. The van der Waals surface area contributed by atoms with Crippen LogP contribution in [0, 0.1) is 0 Å². The Kier molecular flexibility index (Phi) is 62.8. The highest BCUT2D eigenvalue weighted by molar-refractivity contribution is 7.47. The standard InChI is InChI=1S/C73H126O17P2/c1-5-9-13-17-21-25-29-32-33-36-39-42-46-50-54-58-71(76)84-63-68(89-72(77)59-55-51-47-43-37-28-24-20-16-12-8-4)65-87-91(79,80)85-61-67(74)62-86-92(81,82)88-66-69(90-73(78)60-56-52-48-44-40-35-31-27-23-19-15-11-7-3)64-83-70(75)57-53-49-45-41-38-34-30-26-22-18-14-10-6-2/h9,13,20-21,24-27,30-33,39,42,50,54,67-69,74H,5-8,10-12,14-19,22-23,28-29,34-38,40-41,43-49,51-53,55-66H2,1-4H3,(H,79,80)(H,81,82)/b13-9-,24-20-,25-21-,30-26-,31-27-,33-32-,42-39-,54-50-. The predicted molar refractivity (Wildman–Crippen MR) is 372 cm³/mol. The highest BCUT2D eigenvalue weighted by atomic mass is 31.2. The first-order valence-electron chi connectivity index (χ1n) is 35.5. The Morgan fingerprint density at radius 1 is 0.326 bits per heavy atom. The van der Waals surface area contributed by atoms with E-state index in [1.54, 1.807) is 6.08 Å². The molecule has 0 saturated heterocycles. The lowest BCUT2D eigenvalue weighted by Crippen LogP contribution is -2.30. The normalized spacial score (nSPS) is 14.6. The van der Waals surface area contributed by atoms with Crippen LogP contribution >= 0.6 is 15.6 Å². The predicted octanol–water partition coefficient (Wildman–Crippen LogP) is 19.7. The van der Waals surface area contributed by atoms with Gasteiger partial charge in [-0.3, -0.25) is 37.3 Å². The second kappa shape index (κ2) is 65.6. The zero-order valence-corrected chi connectivity index (χ0v) is 59.2. The molecule has 0 amide bonds. The van der Waals surface area contributed by atoms with E-state index >= 15 is 0 Å². The van der Waals surface area contributed by atoms with Crippen molar-refractivity contribution in [3.63, 3.8) is 0 Å². The van der Waals surface area contributed by atoms with E-state index in [1.807, 2.05) is 18.2 Å². The molecule has 17 nitrogen and oxygen atoms in total. The molecule has 0 aliphatic rings. The molecule has 0 fully saturated rings. The summed E-state index contributed by atoms with van der Waals surface area (Å²) in [6.45, 7) is 4.53. The zero-order chi connectivity index (χ0) is 67.5. The van der Waals surface area contributed by atoms with Crippen molar-refractivity contribution in [2.75, 3.05) is 39.6 Å². The Bertz CT molecular complexity index is 2130. The molecule has 0 saturated carbocycles. The van der Waals surface area contributed by atoms with E-state index in [1.165, 1.54) is 64.2 Å². The minimum absolute atomic E-state index is 0.0644. The second-order valence-corrected chi connectivity index (χ2v) is 26.4. The molecule has 0 aliphatic heterocycles. The van der Waals surface area contributed by atoms with Gasteiger partial charge in [-0.25, -0.2) is 9.13 Å². The number of phosphoric ester groups is 2. The molecule has 3 N–H and O–H groups in total. The minimum atomic E-state index is -4.99. The number of phosphoric acid groups is 2. The highest BCUT2D eigenvalue weighted by Gasteiger charge is 2.30. The third-order valence-electron chi connectivity index (χ3n) is 14.5. The number of ether oxygens (including phenoxy) is 4. The maximum Gasteiger partial charge on any atom is 0.472 e. The van der Waals surface area contributed by atoms with Crippen LogP contribution in [0.4, 0.5) is 0 Å². The maximum absolute atomic E-state index is 13.0. The van der Waals surface area contributed by atoms with E-state index in [-0.39, 0.29) is 25.7 Å². The SMILES string of the molecule is CC/C=C\C/C=C\C/C=C\C/C=C\C/C=C\CC(=O)OCC(COP(=O)(O)OCC(O)COP(=O)(O)OCC(COC(=O)CCCCCCC/C=C\CCCCCC)OC(=O)CCCCCCC/C=C\CCCCCC)OC(=O)CCCCCCC/C=C\CCCC. The summed E-state index contributed by atoms with van der Waals surface area (Å²) in [5, 5.41) is 10.6. The second-order valence-electron chi connectivity index (χ2n) is 23.5. The van der Waals surface area contributed by atoms with E-state index in [9.17, 15) is 43.2 Å². The van der Waals surface area contributed by atoms with Gasteiger partial charge in [-0.2, -0.15) is 0 Å². The smallest absolute Gasteiger partial charge is 0.462 e. The number of hydrogen-bond donors (Lipinski definition) is 3. The fourth-order valence-corrected chi connectivity index (χ4v) is 10.7. The van der Waals surface area contributed by atoms with E-state index in [2.05, 4.69) is 101 Å². The molecule has 0 rings (SSSR count). The number of carbonyl (C=O) groups is 4. The van der Waals surface area contributed by atoms with Crippen molar-refractivity contribution >= 4 is 39.5 Å². The van der Waals surface area contributed by atoms with Gasteiger partial charge in [-0.1, -0.05) is 234 Å². The van der Waals surface area contributed by atoms with Crippen molar-refractivity contribution in [1.29, 1.82) is 0 Å². The highest BCUT2D eigenvalue weighted by Crippen LogP contribution is 2.45. The molecule has 0 aliphatic carbocycles. The number of esters is 4. The average molecular weight is 1340 g/mol. The summed E-state index contributed by atoms with van der Waals surface area (Å²) in [4.78, 5) is 72.5. The summed E-state index contributed by atoms with van der Waals surface area (Å²) < 4.78 is 68.1. The van der Waals surface area contributed by atoms with Crippen LogP contribution < -0.4 is 0 Å². The first-order chi connectivity index (χ1) is 44.7. The summed E-state index contributed by atoms with van der Waals surface area (Å²) in [5.41, 5.74) is 0. The van der Waals surface area contributed by atoms with Crippen LogP contribution in [-0.4, -0.2) is 96.7 Å². The molecule has 0 aromatic heterocycles. The molecule has 530 valence electrons. The molecule has 0 aromatic carbocycles. The molecular weight excluding hydrogens is 1210 g/mol. The zero-order valence-electron chi connectivity index (χ0n) is 57.4. The van der Waals surface area contributed by atoms with Gasteiger partial charge >= 0.3 is 39.5 Å². The fourth-order valence-electron chi connectivity index (χ4n) is 9.09. The summed E-state index contributed by atoms with van der Waals surface area (Å²) in [6.07, 6.45) is 66.0. The van der Waals surface area contributed by atoms with Crippen molar-refractivity contribution < 1.29 is 80.2 Å². The van der Waals surface area contributed by atoms with Gasteiger partial charge in [-0.05, 0) is 122 Å². The van der Waals surface area contributed by atoms with Crippen molar-refractivity contribution in [3.05, 3.63) is 97.2 Å². The third-order valence-corrected chi connectivity index (χ3v) is 16.4. The lowest BCUT2D eigenvalue weighted by Gasteiger charge is -2.21. The van der Waals surface area contributed by atoms with Gasteiger partial charge in [0, 0.05) is 19.3 Å². The van der Waals surface area contributed by atoms with Gasteiger partial charge in [-0.15, -0.1) is 0 Å². The lowest BCUT2D eigenvalue weighted by molar-refractivity contribution is -0.161. The summed E-state index contributed by atoms with van der Waals surface area (Å²) in [7, 11) is -9.96. The Morgan fingerprint density at radius 3 is 0.989 bits per heavy atom. The van der Waals surface area contributed by atoms with Crippen LogP contribution in [0.1, 0.15) is 285 Å². The maximum atomic E-state index is 13.0. The molecule has 5 unspecified atom stereocenters. The third kappa shape index (κ3) is 64.7. The van der Waals surface area contributed by atoms with Crippen LogP contribution in [0.2, 0.25) is 0 Å². The van der Waals surface area contributed by atoms with Gasteiger partial charge in [0.1, 0.15) is 19.3 Å². The van der Waals surface area contributed by atoms with Crippen LogP contribution in [0.3, 0.4) is 0 Å². The van der Waals surface area contributed by atoms with E-state index < -0.39 is 97.5 Å². The molecule has 0 radical (unpaired) electrons. The monoisotopic (exact) mass is 1340 g/mol. The van der Waals surface area contributed by atoms with Gasteiger partial charge in [0.25, 0.3) is 0 Å². The number of carbonyl (C=O) groups excluding carboxylic acids is 4. The molecular formula is C73H126O17P2. The molecule has 5 atom stereocenters. The average Bonchev–Trinajstić information content (AvgIpc) is 2.24. The van der Waals surface area contributed by atoms with E-state index in [0.717, 1.165) is 141 Å².